The third-order valence-corrected chi connectivity index (χ3v) is 3.14. The zero-order chi connectivity index (χ0) is 19.5. The van der Waals surface area contributed by atoms with Crippen molar-refractivity contribution in [3.05, 3.63) is 65.8 Å². The first-order chi connectivity index (χ1) is 12.6. The van der Waals surface area contributed by atoms with E-state index in [1.165, 1.54) is 13.2 Å². The number of benzene rings is 1. The van der Waals surface area contributed by atoms with Crippen molar-refractivity contribution in [3.63, 3.8) is 0 Å². The van der Waals surface area contributed by atoms with Crippen LogP contribution in [-0.2, 0) is 16.1 Å². The predicted molar refractivity (Wildman–Crippen MR) is 99.1 cm³/mol. The van der Waals surface area contributed by atoms with Gasteiger partial charge in [-0.15, -0.1) is 0 Å². The Kier molecular flexibility index (Phi) is 8.38. The van der Waals surface area contributed by atoms with Crippen LogP contribution in [0.25, 0.3) is 11.1 Å². The summed E-state index contributed by atoms with van der Waals surface area (Å²) >= 11 is 0. The summed E-state index contributed by atoms with van der Waals surface area (Å²) in [5, 5.41) is 9.11. The number of oxazole rings is 1. The van der Waals surface area contributed by atoms with Gasteiger partial charge in [-0.1, -0.05) is 26.5 Å². The second-order valence-corrected chi connectivity index (χ2v) is 4.65. The first-order valence-corrected chi connectivity index (χ1v) is 8.13. The molecular weight excluding hydrogens is 332 g/mol. The van der Waals surface area contributed by atoms with Crippen molar-refractivity contribution in [2.24, 2.45) is 0 Å². The summed E-state index contributed by atoms with van der Waals surface area (Å²) in [6.07, 6.45) is 4.75. The monoisotopic (exact) mass is 354 g/mol. The number of hydrogen-bond donors (Lipinski definition) is 0. The zero-order valence-electron chi connectivity index (χ0n) is 15.4. The van der Waals surface area contributed by atoms with Gasteiger partial charge in [0.2, 0.25) is 5.89 Å². The van der Waals surface area contributed by atoms with Crippen LogP contribution in [0, 0.1) is 11.3 Å². The molecule has 0 unspecified atom stereocenters. The quantitative estimate of drug-likeness (QED) is 0.323. The molecule has 6 nitrogen and oxygen atoms in total. The molecule has 2 aromatic rings. The van der Waals surface area contributed by atoms with Crippen LogP contribution in [0.5, 0.6) is 0 Å². The van der Waals surface area contributed by atoms with Crippen LogP contribution < -0.4 is 0 Å². The minimum absolute atomic E-state index is 0.0536. The van der Waals surface area contributed by atoms with Gasteiger partial charge in [-0.05, 0) is 37.3 Å². The molecular formula is C20H22N2O4. The van der Waals surface area contributed by atoms with E-state index >= 15 is 0 Å². The highest BCUT2D eigenvalue weighted by Crippen LogP contribution is 2.20. The van der Waals surface area contributed by atoms with E-state index in [9.17, 15) is 4.79 Å². The van der Waals surface area contributed by atoms with Crippen LogP contribution in [0.2, 0.25) is 0 Å². The number of carbonyl (C=O) groups is 1. The van der Waals surface area contributed by atoms with Crippen LogP contribution >= 0.6 is 0 Å². The third-order valence-electron chi connectivity index (χ3n) is 3.14. The average Bonchev–Trinajstić information content (AvgIpc) is 3.10. The molecule has 6 heteroatoms. The molecule has 0 fully saturated rings. The molecule has 0 aliphatic carbocycles. The van der Waals surface area contributed by atoms with Gasteiger partial charge in [-0.25, -0.2) is 9.78 Å². The number of allylic oxidation sites excluding steroid dienone is 4. The Balaban J connectivity index is 0.00000163. The molecule has 0 amide bonds. The van der Waals surface area contributed by atoms with E-state index in [1.807, 2.05) is 19.9 Å². The fraction of sp³-hybridized carbons (Fsp3) is 0.250. The van der Waals surface area contributed by atoms with E-state index in [1.54, 1.807) is 37.3 Å². The highest BCUT2D eigenvalue weighted by Gasteiger charge is 2.12. The number of rotatable bonds is 6. The molecule has 0 N–H and O–H groups in total. The molecule has 0 aliphatic rings. The molecule has 1 aromatic carbocycles. The Morgan fingerprint density at radius 2 is 2.15 bits per heavy atom. The largest absolute Gasteiger partial charge is 0.483 e. The van der Waals surface area contributed by atoms with Gasteiger partial charge in [0.15, 0.2) is 12.2 Å². The van der Waals surface area contributed by atoms with Gasteiger partial charge < -0.3 is 13.9 Å². The Morgan fingerprint density at radius 1 is 1.42 bits per heavy atom. The number of methoxy groups -OCH3 is 1. The van der Waals surface area contributed by atoms with E-state index < -0.39 is 5.97 Å². The minimum Gasteiger partial charge on any atom is -0.483 e. The third kappa shape index (κ3) is 5.08. The number of nitriles is 1. The van der Waals surface area contributed by atoms with E-state index in [0.29, 0.717) is 33.9 Å². The van der Waals surface area contributed by atoms with E-state index in [4.69, 9.17) is 14.4 Å². The van der Waals surface area contributed by atoms with Crippen molar-refractivity contribution in [1.29, 1.82) is 5.26 Å². The van der Waals surface area contributed by atoms with E-state index in [-0.39, 0.29) is 6.61 Å². The van der Waals surface area contributed by atoms with Crippen molar-refractivity contribution < 1.29 is 18.7 Å². The summed E-state index contributed by atoms with van der Waals surface area (Å²) in [7, 11) is 1.31. The van der Waals surface area contributed by atoms with Crippen LogP contribution in [0.4, 0.5) is 0 Å². The molecule has 136 valence electrons. The van der Waals surface area contributed by atoms with Gasteiger partial charge in [0.25, 0.3) is 0 Å². The van der Waals surface area contributed by atoms with Crippen LogP contribution in [-0.4, -0.2) is 18.1 Å². The molecule has 1 heterocycles. The smallest absolute Gasteiger partial charge is 0.337 e. The van der Waals surface area contributed by atoms with Crippen molar-refractivity contribution in [3.8, 4) is 6.07 Å². The molecule has 0 atom stereocenters. The Morgan fingerprint density at radius 3 is 2.73 bits per heavy atom. The maximum atomic E-state index is 11.5. The minimum atomic E-state index is -0.449. The predicted octanol–water partition coefficient (Wildman–Crippen LogP) is 4.70. The highest BCUT2D eigenvalue weighted by atomic mass is 16.5. The molecule has 0 spiro atoms. The second kappa shape index (κ2) is 10.5. The van der Waals surface area contributed by atoms with Crippen LogP contribution in [0.3, 0.4) is 0 Å². The van der Waals surface area contributed by atoms with Gasteiger partial charge in [-0.3, -0.25) is 0 Å². The number of aromatic nitrogens is 1. The summed E-state index contributed by atoms with van der Waals surface area (Å²) in [4.78, 5) is 15.8. The Labute approximate surface area is 153 Å². The fourth-order valence-corrected chi connectivity index (χ4v) is 2.03. The molecule has 0 saturated carbocycles. The normalized spacial score (nSPS) is 11.2. The van der Waals surface area contributed by atoms with Crippen molar-refractivity contribution in [2.45, 2.75) is 27.4 Å². The first kappa shape index (κ1) is 20.7. The highest BCUT2D eigenvalue weighted by molar-refractivity contribution is 5.93. The molecule has 26 heavy (non-hydrogen) atoms. The SMILES string of the molecule is C=C/C=C(C#N)\C(=C/C)OCc1nc2ccc(C(=O)OC)cc2o1.CC. The van der Waals surface area contributed by atoms with Crippen LogP contribution in [0.15, 0.2) is 58.8 Å². The summed E-state index contributed by atoms with van der Waals surface area (Å²) in [5.74, 6) is 0.299. The standard InChI is InChI=1S/C18H16N2O4.C2H6/c1-4-6-13(10-19)15(5-2)23-11-17-20-14-8-7-12(18(21)22-3)9-16(14)24-17;1-2/h4-9H,1,11H2,2-3H3;1-2H3/b13-6-,15-5+;. The van der Waals surface area contributed by atoms with Gasteiger partial charge in [0.05, 0.1) is 18.2 Å². The van der Waals surface area contributed by atoms with E-state index in [2.05, 4.69) is 16.3 Å². The maximum Gasteiger partial charge on any atom is 0.337 e. The van der Waals surface area contributed by atoms with Gasteiger partial charge in [0, 0.05) is 0 Å². The van der Waals surface area contributed by atoms with Gasteiger partial charge in [0.1, 0.15) is 17.3 Å². The molecule has 0 saturated heterocycles. The fourth-order valence-electron chi connectivity index (χ4n) is 2.03. The number of esters is 1. The van der Waals surface area contributed by atoms with E-state index in [0.717, 1.165) is 0 Å². The molecule has 2 rings (SSSR count). The molecule has 0 aliphatic heterocycles. The summed E-state index contributed by atoms with van der Waals surface area (Å²) in [6, 6.07) is 6.88. The van der Waals surface area contributed by atoms with Crippen molar-refractivity contribution in [2.75, 3.05) is 7.11 Å². The lowest BCUT2D eigenvalue weighted by Crippen LogP contribution is -2.00. The summed E-state index contributed by atoms with van der Waals surface area (Å²) in [5.41, 5.74) is 1.80. The summed E-state index contributed by atoms with van der Waals surface area (Å²) in [6.45, 7) is 9.38. The number of hydrogen-bond acceptors (Lipinski definition) is 6. The van der Waals surface area contributed by atoms with Gasteiger partial charge >= 0.3 is 5.97 Å². The molecule has 1 aromatic heterocycles. The second-order valence-electron chi connectivity index (χ2n) is 4.65. The Bertz CT molecular complexity index is 870. The summed E-state index contributed by atoms with van der Waals surface area (Å²) < 4.78 is 15.8. The lowest BCUT2D eigenvalue weighted by Gasteiger charge is -2.06. The van der Waals surface area contributed by atoms with Crippen molar-refractivity contribution >= 4 is 17.1 Å². The molecule has 0 bridgehead atoms. The lowest BCUT2D eigenvalue weighted by molar-refractivity contribution is 0.0600. The van der Waals surface area contributed by atoms with Crippen molar-refractivity contribution in [1.82, 2.24) is 4.98 Å². The first-order valence-electron chi connectivity index (χ1n) is 8.13. The van der Waals surface area contributed by atoms with Gasteiger partial charge in [-0.2, -0.15) is 5.26 Å². The number of nitrogens with zero attached hydrogens (tertiary/aromatic N) is 2. The molecule has 0 radical (unpaired) electrons. The lowest BCUT2D eigenvalue weighted by atomic mass is 10.2. The average molecular weight is 354 g/mol. The number of ether oxygens (including phenoxy) is 2. The van der Waals surface area contributed by atoms with Crippen LogP contribution in [0.1, 0.15) is 37.0 Å². The Hall–Kier alpha value is -3.33. The topological polar surface area (TPSA) is 85.3 Å². The number of carbonyl (C=O) groups excluding carboxylic acids is 1. The zero-order valence-corrected chi connectivity index (χ0v) is 15.4. The maximum absolute atomic E-state index is 11.5. The number of fused-ring (bicyclic) bond motifs is 1.